The maximum absolute atomic E-state index is 11.6. The summed E-state index contributed by atoms with van der Waals surface area (Å²) in [5.74, 6) is -0.784. The fraction of sp³-hybridized carbons (Fsp3) is 0.467. The number of hydrogen-bond donors (Lipinski definition) is 0. The lowest BCUT2D eigenvalue weighted by atomic mass is 10.2. The first-order valence-corrected chi connectivity index (χ1v) is 7.09. The van der Waals surface area contributed by atoms with E-state index in [-0.39, 0.29) is 12.8 Å². The number of esters is 2. The Morgan fingerprint density at radius 1 is 1.00 bits per heavy atom. The zero-order valence-corrected chi connectivity index (χ0v) is 12.5. The second-order valence-electron chi connectivity index (χ2n) is 4.36. The van der Waals surface area contributed by atoms with Crippen LogP contribution in [0.4, 0.5) is 0 Å². The first-order valence-electron chi connectivity index (χ1n) is 6.71. The third kappa shape index (κ3) is 5.61. The van der Waals surface area contributed by atoms with E-state index in [0.29, 0.717) is 23.4 Å². The lowest BCUT2D eigenvalue weighted by molar-refractivity contribution is -0.189. The van der Waals surface area contributed by atoms with E-state index >= 15 is 0 Å². The van der Waals surface area contributed by atoms with Gasteiger partial charge >= 0.3 is 11.9 Å². The molecule has 0 aliphatic rings. The molecule has 0 N–H and O–H groups in total. The highest BCUT2D eigenvalue weighted by Gasteiger charge is 2.20. The molecule has 0 aliphatic carbocycles. The molecule has 0 saturated heterocycles. The van der Waals surface area contributed by atoms with Gasteiger partial charge in [-0.05, 0) is 25.0 Å². The molecule has 110 valence electrons. The second kappa shape index (κ2) is 8.59. The van der Waals surface area contributed by atoms with Gasteiger partial charge in [0, 0.05) is 23.4 Å². The Morgan fingerprint density at radius 2 is 1.45 bits per heavy atom. The summed E-state index contributed by atoms with van der Waals surface area (Å²) < 4.78 is 10.4. The fourth-order valence-electron chi connectivity index (χ4n) is 1.54. The molecule has 0 fully saturated rings. The van der Waals surface area contributed by atoms with Crippen LogP contribution in [0.15, 0.2) is 24.3 Å². The molecule has 1 rings (SSSR count). The lowest BCUT2D eigenvalue weighted by Gasteiger charge is -2.18. The largest absolute Gasteiger partial charge is 0.421 e. The number of carbonyl (C=O) groups is 2. The second-order valence-corrected chi connectivity index (χ2v) is 4.80. The van der Waals surface area contributed by atoms with E-state index in [0.717, 1.165) is 0 Å². The number of hydrogen-bond acceptors (Lipinski definition) is 4. The molecule has 0 aromatic heterocycles. The summed E-state index contributed by atoms with van der Waals surface area (Å²) in [7, 11) is 0. The topological polar surface area (TPSA) is 52.6 Å². The van der Waals surface area contributed by atoms with Gasteiger partial charge < -0.3 is 9.47 Å². The summed E-state index contributed by atoms with van der Waals surface area (Å²) in [4.78, 5) is 23.2. The molecule has 0 amide bonds. The highest BCUT2D eigenvalue weighted by Crippen LogP contribution is 2.22. The van der Waals surface area contributed by atoms with Crippen molar-refractivity contribution in [1.29, 1.82) is 0 Å². The summed E-state index contributed by atoms with van der Waals surface area (Å²) >= 11 is 5.81. The van der Waals surface area contributed by atoms with Gasteiger partial charge in [-0.25, -0.2) is 0 Å². The third-order valence-corrected chi connectivity index (χ3v) is 2.78. The first-order chi connectivity index (χ1) is 9.56. The Hall–Kier alpha value is -1.55. The molecule has 1 aromatic rings. The van der Waals surface area contributed by atoms with E-state index in [1.807, 2.05) is 13.8 Å². The third-order valence-electron chi connectivity index (χ3n) is 2.53. The van der Waals surface area contributed by atoms with Crippen LogP contribution in [0.3, 0.4) is 0 Å². The number of halogens is 1. The van der Waals surface area contributed by atoms with Gasteiger partial charge in [0.15, 0.2) is 0 Å². The molecule has 0 atom stereocenters. The minimum atomic E-state index is -1.01. The molecular formula is C15H19ClO4. The predicted molar refractivity (Wildman–Crippen MR) is 76.2 cm³/mol. The van der Waals surface area contributed by atoms with Gasteiger partial charge in [0.1, 0.15) is 0 Å². The van der Waals surface area contributed by atoms with Gasteiger partial charge in [-0.15, -0.1) is 0 Å². The summed E-state index contributed by atoms with van der Waals surface area (Å²) in [6.45, 7) is 3.75. The molecule has 0 saturated carbocycles. The van der Waals surface area contributed by atoms with Gasteiger partial charge in [0.2, 0.25) is 0 Å². The van der Waals surface area contributed by atoms with Crippen LogP contribution in [0.1, 0.15) is 51.4 Å². The van der Waals surface area contributed by atoms with Crippen molar-refractivity contribution in [3.8, 4) is 0 Å². The minimum absolute atomic E-state index is 0.287. The van der Waals surface area contributed by atoms with E-state index in [1.54, 1.807) is 24.3 Å². The van der Waals surface area contributed by atoms with E-state index in [4.69, 9.17) is 21.1 Å². The Labute approximate surface area is 124 Å². The van der Waals surface area contributed by atoms with Crippen molar-refractivity contribution < 1.29 is 19.1 Å². The first kappa shape index (κ1) is 16.5. The smallest absolute Gasteiger partial charge is 0.309 e. The fourth-order valence-corrected chi connectivity index (χ4v) is 1.67. The predicted octanol–water partition coefficient (Wildman–Crippen LogP) is 4.03. The highest BCUT2D eigenvalue weighted by molar-refractivity contribution is 6.30. The molecule has 0 bridgehead atoms. The summed E-state index contributed by atoms with van der Waals surface area (Å²) in [5, 5.41) is 0.562. The van der Waals surface area contributed by atoms with Crippen molar-refractivity contribution in [2.24, 2.45) is 0 Å². The zero-order chi connectivity index (χ0) is 15.0. The Balaban J connectivity index is 2.80. The highest BCUT2D eigenvalue weighted by atomic mass is 35.5. The summed E-state index contributed by atoms with van der Waals surface area (Å²) in [6.07, 6.45) is 0.917. The van der Waals surface area contributed by atoms with E-state index in [1.165, 1.54) is 0 Å². The van der Waals surface area contributed by atoms with Crippen LogP contribution in [-0.2, 0) is 19.1 Å². The number of ether oxygens (including phenoxy) is 2. The van der Waals surface area contributed by atoms with E-state index in [2.05, 4.69) is 0 Å². The lowest BCUT2D eigenvalue weighted by Crippen LogP contribution is -2.17. The minimum Gasteiger partial charge on any atom is -0.421 e. The molecule has 0 aliphatic heterocycles. The summed E-state index contributed by atoms with van der Waals surface area (Å²) in [6, 6.07) is 6.66. The van der Waals surface area contributed by atoms with E-state index in [9.17, 15) is 9.59 Å². The molecule has 0 radical (unpaired) electrons. The van der Waals surface area contributed by atoms with Crippen molar-refractivity contribution >= 4 is 23.5 Å². The molecule has 0 spiro atoms. The number of rotatable bonds is 7. The van der Waals surface area contributed by atoms with Crippen LogP contribution >= 0.6 is 11.6 Å². The van der Waals surface area contributed by atoms with Gasteiger partial charge in [0.05, 0.1) is 0 Å². The maximum Gasteiger partial charge on any atom is 0.309 e. The van der Waals surface area contributed by atoms with Crippen molar-refractivity contribution in [1.82, 2.24) is 0 Å². The van der Waals surface area contributed by atoms with E-state index < -0.39 is 18.2 Å². The van der Waals surface area contributed by atoms with Gasteiger partial charge in [-0.3, -0.25) is 9.59 Å². The zero-order valence-electron chi connectivity index (χ0n) is 11.7. The summed E-state index contributed by atoms with van der Waals surface area (Å²) in [5.41, 5.74) is 0.586. The van der Waals surface area contributed by atoms with Crippen LogP contribution in [-0.4, -0.2) is 11.9 Å². The Bertz CT molecular complexity index is 422. The van der Waals surface area contributed by atoms with Crippen molar-refractivity contribution in [3.63, 3.8) is 0 Å². The van der Waals surface area contributed by atoms with Crippen molar-refractivity contribution in [3.05, 3.63) is 34.9 Å². The Morgan fingerprint density at radius 3 is 1.85 bits per heavy atom. The molecule has 20 heavy (non-hydrogen) atoms. The van der Waals surface area contributed by atoms with Gasteiger partial charge in [-0.2, -0.15) is 0 Å². The molecule has 0 heterocycles. The molecule has 5 heteroatoms. The molecule has 0 unspecified atom stereocenters. The standard InChI is InChI=1S/C15H19ClO4/c1-3-5-13(17)19-15(20-14(18)6-4-2)11-7-9-12(16)10-8-11/h7-10,15H,3-6H2,1-2H3. The van der Waals surface area contributed by atoms with Crippen LogP contribution < -0.4 is 0 Å². The quantitative estimate of drug-likeness (QED) is 0.563. The van der Waals surface area contributed by atoms with Crippen molar-refractivity contribution in [2.45, 2.75) is 45.8 Å². The SMILES string of the molecule is CCCC(=O)OC(OC(=O)CCC)c1ccc(Cl)cc1. The number of carbonyl (C=O) groups excluding carboxylic acids is 2. The normalized spacial score (nSPS) is 10.4. The molecule has 1 aromatic carbocycles. The average molecular weight is 299 g/mol. The Kier molecular flexibility index (Phi) is 7.09. The van der Waals surface area contributed by atoms with Crippen molar-refractivity contribution in [2.75, 3.05) is 0 Å². The monoisotopic (exact) mass is 298 g/mol. The maximum atomic E-state index is 11.6. The van der Waals surface area contributed by atoms with Crippen LogP contribution in [0.2, 0.25) is 5.02 Å². The van der Waals surface area contributed by atoms with Gasteiger partial charge in [0.25, 0.3) is 6.29 Å². The van der Waals surface area contributed by atoms with Crippen LogP contribution in [0, 0.1) is 0 Å². The number of benzene rings is 1. The molecular weight excluding hydrogens is 280 g/mol. The average Bonchev–Trinajstić information content (AvgIpc) is 2.39. The van der Waals surface area contributed by atoms with Crippen LogP contribution in [0.25, 0.3) is 0 Å². The van der Waals surface area contributed by atoms with Gasteiger partial charge in [-0.1, -0.05) is 37.6 Å². The van der Waals surface area contributed by atoms with Crippen LogP contribution in [0.5, 0.6) is 0 Å². The molecule has 4 nitrogen and oxygen atoms in total.